The van der Waals surface area contributed by atoms with E-state index >= 15 is 0 Å². The summed E-state index contributed by atoms with van der Waals surface area (Å²) in [5, 5.41) is 4.23. The van der Waals surface area contributed by atoms with Crippen LogP contribution in [0.4, 0.5) is 5.69 Å². The number of rotatable bonds is 4. The van der Waals surface area contributed by atoms with Crippen molar-refractivity contribution in [1.82, 2.24) is 14.9 Å². The molecular weight excluding hydrogens is 548 g/mol. The molecule has 0 unspecified atom stereocenters. The van der Waals surface area contributed by atoms with Crippen molar-refractivity contribution in [3.8, 4) is 5.69 Å². The van der Waals surface area contributed by atoms with Crippen molar-refractivity contribution >= 4 is 54.9 Å². The molecule has 1 N–H and O–H groups in total. The van der Waals surface area contributed by atoms with Gasteiger partial charge in [0, 0.05) is 38.4 Å². The van der Waals surface area contributed by atoms with Gasteiger partial charge in [-0.05, 0) is 91.4 Å². The van der Waals surface area contributed by atoms with Gasteiger partial charge in [-0.3, -0.25) is 4.98 Å². The smallest absolute Gasteiger partial charge is 0.174 e. The van der Waals surface area contributed by atoms with Gasteiger partial charge in [-0.2, -0.15) is 0 Å². The summed E-state index contributed by atoms with van der Waals surface area (Å²) in [5.74, 6) is 0. The van der Waals surface area contributed by atoms with Crippen LogP contribution in [0.5, 0.6) is 0 Å². The van der Waals surface area contributed by atoms with E-state index in [1.165, 1.54) is 0 Å². The fourth-order valence-corrected chi connectivity index (χ4v) is 5.04. The third-order valence-corrected chi connectivity index (χ3v) is 7.44. The van der Waals surface area contributed by atoms with Crippen LogP contribution in [-0.2, 0) is 0 Å². The van der Waals surface area contributed by atoms with Gasteiger partial charge in [-0.15, -0.1) is 0 Å². The van der Waals surface area contributed by atoms with Crippen LogP contribution in [0.15, 0.2) is 94.1 Å². The van der Waals surface area contributed by atoms with Crippen molar-refractivity contribution in [3.05, 3.63) is 111 Å². The number of benzene rings is 2. The maximum absolute atomic E-state index is 5.86. The molecule has 0 bridgehead atoms. The molecule has 0 saturated carbocycles. The molecular formula is C25H20Br2N4S. The molecule has 1 aliphatic rings. The zero-order valence-corrected chi connectivity index (χ0v) is 21.2. The van der Waals surface area contributed by atoms with E-state index in [-0.39, 0.29) is 12.1 Å². The van der Waals surface area contributed by atoms with Gasteiger partial charge in [0.2, 0.25) is 0 Å². The van der Waals surface area contributed by atoms with Crippen LogP contribution >= 0.6 is 44.1 Å². The number of nitrogens with zero attached hydrogens (tertiary/aromatic N) is 3. The molecule has 160 valence electrons. The first kappa shape index (κ1) is 21.4. The fourth-order valence-electron chi connectivity index (χ4n) is 4.18. The van der Waals surface area contributed by atoms with Crippen molar-refractivity contribution in [1.29, 1.82) is 0 Å². The summed E-state index contributed by atoms with van der Waals surface area (Å²) in [6, 6.07) is 24.8. The molecule has 4 aromatic rings. The summed E-state index contributed by atoms with van der Waals surface area (Å²) < 4.78 is 4.36. The second-order valence-corrected chi connectivity index (χ2v) is 9.87. The van der Waals surface area contributed by atoms with Crippen LogP contribution in [0.3, 0.4) is 0 Å². The number of hydrogen-bond acceptors (Lipinski definition) is 2. The van der Waals surface area contributed by atoms with Crippen molar-refractivity contribution in [2.75, 3.05) is 4.90 Å². The van der Waals surface area contributed by atoms with Crippen molar-refractivity contribution < 1.29 is 0 Å². The number of halogens is 2. The second kappa shape index (κ2) is 8.81. The van der Waals surface area contributed by atoms with E-state index in [1.54, 1.807) is 0 Å². The predicted octanol–water partition coefficient (Wildman–Crippen LogP) is 6.88. The summed E-state index contributed by atoms with van der Waals surface area (Å²) in [4.78, 5) is 6.86. The summed E-state index contributed by atoms with van der Waals surface area (Å²) in [6.07, 6.45) is 3.93. The Morgan fingerprint density at radius 2 is 1.72 bits per heavy atom. The topological polar surface area (TPSA) is 33.1 Å². The van der Waals surface area contributed by atoms with E-state index in [0.717, 1.165) is 37.3 Å². The lowest BCUT2D eigenvalue weighted by Gasteiger charge is -2.29. The lowest BCUT2D eigenvalue weighted by Crippen LogP contribution is -2.30. The number of nitrogens with one attached hydrogen (secondary N) is 1. The third kappa shape index (κ3) is 3.89. The zero-order chi connectivity index (χ0) is 22.2. The van der Waals surface area contributed by atoms with Gasteiger partial charge in [0.15, 0.2) is 5.11 Å². The number of anilines is 1. The molecule has 32 heavy (non-hydrogen) atoms. The molecule has 2 atom stereocenters. The highest BCUT2D eigenvalue weighted by molar-refractivity contribution is 9.10. The molecule has 0 radical (unpaired) electrons. The number of aromatic nitrogens is 2. The number of thiocarbonyl (C=S) groups is 1. The quantitative estimate of drug-likeness (QED) is 0.272. The number of aryl methyl sites for hydroxylation is 1. The second-order valence-electron chi connectivity index (χ2n) is 7.71. The van der Waals surface area contributed by atoms with Gasteiger partial charge >= 0.3 is 0 Å². The van der Waals surface area contributed by atoms with Gasteiger partial charge in [0.1, 0.15) is 6.04 Å². The van der Waals surface area contributed by atoms with E-state index in [1.807, 2.05) is 18.3 Å². The average molecular weight is 568 g/mol. The highest BCUT2D eigenvalue weighted by Crippen LogP contribution is 2.42. The van der Waals surface area contributed by atoms with Crippen LogP contribution in [0, 0.1) is 6.92 Å². The highest BCUT2D eigenvalue weighted by Gasteiger charge is 2.42. The van der Waals surface area contributed by atoms with Crippen LogP contribution in [0.2, 0.25) is 0 Å². The first-order valence-electron chi connectivity index (χ1n) is 10.2. The molecule has 4 nitrogen and oxygen atoms in total. The Morgan fingerprint density at radius 3 is 2.44 bits per heavy atom. The van der Waals surface area contributed by atoms with Crippen molar-refractivity contribution in [3.63, 3.8) is 0 Å². The van der Waals surface area contributed by atoms with Gasteiger partial charge in [0.25, 0.3) is 0 Å². The average Bonchev–Trinajstić information content (AvgIpc) is 3.41. The standard InChI is InChI=1S/C25H20Br2N4S/c1-16-15-19(11-12-20(16)27)31-24(23(29-25(31)32)21-5-2-3-13-28-21)22-6-4-14-30(22)18-9-7-17(26)8-10-18/h2-15,23-24H,1H3,(H,29,32)/t23-,24-/m1/s1. The largest absolute Gasteiger partial charge is 0.351 e. The van der Waals surface area contributed by atoms with Gasteiger partial charge in [-0.25, -0.2) is 0 Å². The highest BCUT2D eigenvalue weighted by atomic mass is 79.9. The molecule has 0 amide bonds. The Morgan fingerprint density at radius 1 is 0.938 bits per heavy atom. The van der Waals surface area contributed by atoms with Crippen LogP contribution in [0.25, 0.3) is 5.69 Å². The Hall–Kier alpha value is -2.48. The van der Waals surface area contributed by atoms with E-state index < -0.39 is 0 Å². The molecule has 2 aromatic carbocycles. The molecule has 3 heterocycles. The first-order valence-corrected chi connectivity index (χ1v) is 12.2. The normalized spacial score (nSPS) is 18.1. The van der Waals surface area contributed by atoms with Gasteiger partial charge < -0.3 is 14.8 Å². The number of pyridine rings is 1. The summed E-state index contributed by atoms with van der Waals surface area (Å²) in [6.45, 7) is 2.09. The van der Waals surface area contributed by atoms with Gasteiger partial charge in [-0.1, -0.05) is 37.9 Å². The lowest BCUT2D eigenvalue weighted by molar-refractivity contribution is 0.549. The first-order chi connectivity index (χ1) is 15.5. The molecule has 5 rings (SSSR count). The Bertz CT molecular complexity index is 1270. The Labute approximate surface area is 209 Å². The molecule has 1 aliphatic heterocycles. The van der Waals surface area contributed by atoms with Crippen LogP contribution < -0.4 is 10.2 Å². The van der Waals surface area contributed by atoms with Crippen LogP contribution in [-0.4, -0.2) is 14.7 Å². The van der Waals surface area contributed by atoms with Crippen molar-refractivity contribution in [2.24, 2.45) is 0 Å². The minimum Gasteiger partial charge on any atom is -0.351 e. The number of hydrogen-bond donors (Lipinski definition) is 1. The van der Waals surface area contributed by atoms with Gasteiger partial charge in [0.05, 0.1) is 11.7 Å². The Kier molecular flexibility index (Phi) is 5.88. The molecule has 0 spiro atoms. The minimum atomic E-state index is -0.0863. The van der Waals surface area contributed by atoms with E-state index in [4.69, 9.17) is 12.2 Å². The summed E-state index contributed by atoms with van der Waals surface area (Å²) in [5.41, 5.74) is 5.40. The maximum atomic E-state index is 5.86. The van der Waals surface area contributed by atoms with Crippen molar-refractivity contribution in [2.45, 2.75) is 19.0 Å². The van der Waals surface area contributed by atoms with Crippen LogP contribution in [0.1, 0.15) is 29.0 Å². The lowest BCUT2D eigenvalue weighted by atomic mass is 10.0. The predicted molar refractivity (Wildman–Crippen MR) is 140 cm³/mol. The SMILES string of the molecule is Cc1cc(N2C(=S)N[C@H](c3ccccn3)[C@H]2c2cccn2-c2ccc(Br)cc2)ccc1Br. The van der Waals surface area contributed by atoms with E-state index in [2.05, 4.69) is 125 Å². The molecule has 2 aromatic heterocycles. The molecule has 1 saturated heterocycles. The van der Waals surface area contributed by atoms with E-state index in [0.29, 0.717) is 5.11 Å². The summed E-state index contributed by atoms with van der Waals surface area (Å²) >= 11 is 13.0. The molecule has 0 aliphatic carbocycles. The zero-order valence-electron chi connectivity index (χ0n) is 17.2. The fraction of sp³-hybridized carbons (Fsp3) is 0.120. The molecule has 1 fully saturated rings. The monoisotopic (exact) mass is 566 g/mol. The summed E-state index contributed by atoms with van der Waals surface area (Å²) in [7, 11) is 0. The van der Waals surface area contributed by atoms with E-state index in [9.17, 15) is 0 Å². The third-order valence-electron chi connectivity index (χ3n) is 5.71. The minimum absolute atomic E-state index is 0.0726. The maximum Gasteiger partial charge on any atom is 0.174 e. The Balaban J connectivity index is 1.67. The molecule has 7 heteroatoms.